The lowest BCUT2D eigenvalue weighted by Crippen LogP contribution is -1.81. The maximum Gasteiger partial charge on any atom is 0.466 e. The van der Waals surface area contributed by atoms with Crippen molar-refractivity contribution in [1.82, 2.24) is 0 Å². The molecule has 0 aromatic heterocycles. The molecule has 1 aromatic rings. The number of hydrogen-bond donors (Lipinski definition) is 4. The Morgan fingerprint density at radius 2 is 1.44 bits per heavy atom. The van der Waals surface area contributed by atoms with Crippen LogP contribution in [-0.4, -0.2) is 19.8 Å². The second-order valence-corrected chi connectivity index (χ2v) is 7.09. The normalized spacial score (nSPS) is 11.1. The molecule has 18 heavy (non-hydrogen) atoms. The Bertz CT molecular complexity index is 551. The van der Waals surface area contributed by atoms with E-state index in [9.17, 15) is 11.2 Å². The van der Waals surface area contributed by atoms with Gasteiger partial charge >= 0.3 is 27.6 Å². The first-order chi connectivity index (χ1) is 7.95. The third-order valence-electron chi connectivity index (χ3n) is 1.24. The molecule has 4 N–H and O–H groups in total. The number of aromatic hydroxyl groups is 1. The zero-order valence-corrected chi connectivity index (χ0v) is 13.4. The van der Waals surface area contributed by atoms with E-state index in [0.717, 1.165) is 0 Å². The van der Waals surface area contributed by atoms with Gasteiger partial charge in [-0.3, -0.25) is 0 Å². The van der Waals surface area contributed by atoms with Crippen LogP contribution in [0.25, 0.3) is 0 Å². The van der Waals surface area contributed by atoms with Gasteiger partial charge in [0.2, 0.25) is 0 Å². The van der Waals surface area contributed by atoms with Gasteiger partial charge in [0.15, 0.2) is 5.75 Å². The van der Waals surface area contributed by atoms with Crippen LogP contribution in [0, 0.1) is 3.57 Å². The summed E-state index contributed by atoms with van der Waals surface area (Å²) in [7, 11) is -4.64. The summed E-state index contributed by atoms with van der Waals surface area (Å²) in [5.41, 5.74) is 0. The van der Waals surface area contributed by atoms with E-state index in [-0.39, 0.29) is 18.6 Å². The monoisotopic (exact) mass is 452 g/mol. The number of phenolic OH excluding ortho intramolecular Hbond substituents is 1. The molecule has 12 heteroatoms. The fourth-order valence-electron chi connectivity index (χ4n) is 0.707. The van der Waals surface area contributed by atoms with Gasteiger partial charge in [-0.05, 0) is 6.07 Å². The van der Waals surface area contributed by atoms with Gasteiger partial charge in [0, 0.05) is 0 Å². The molecule has 7 nitrogen and oxygen atoms in total. The van der Waals surface area contributed by atoms with Crippen LogP contribution in [0.1, 0.15) is 0 Å². The highest BCUT2D eigenvalue weighted by Crippen LogP contribution is 2.42. The Balaban J connectivity index is 0.000000494. The van der Waals surface area contributed by atoms with E-state index in [1.807, 2.05) is 0 Å². The Morgan fingerprint density at radius 3 is 1.78 bits per heavy atom. The average molecular weight is 453 g/mol. The topological polar surface area (TPSA) is 132 Å². The number of phenols is 1. The van der Waals surface area contributed by atoms with Crippen LogP contribution >= 0.6 is 62.4 Å². The molecule has 1 aromatic carbocycles. The largest absolute Gasteiger partial charge is 0.505 e. The van der Waals surface area contributed by atoms with Crippen molar-refractivity contribution < 1.29 is 30.5 Å². The van der Waals surface area contributed by atoms with Crippen molar-refractivity contribution in [2.24, 2.45) is 0 Å². The highest BCUT2D eigenvalue weighted by Gasteiger charge is 2.18. The molecule has 0 fully saturated rings. The second kappa shape index (κ2) is 7.20. The van der Waals surface area contributed by atoms with E-state index in [0.29, 0.717) is 0 Å². The smallest absolute Gasteiger partial charge is 0.466 e. The molecular formula is C6H5Cl3IO7P. The van der Waals surface area contributed by atoms with Gasteiger partial charge in [-0.2, -0.15) is 0 Å². The lowest BCUT2D eigenvalue weighted by molar-refractivity contribution is 0.275. The summed E-state index contributed by atoms with van der Waals surface area (Å²) in [5, 5.41) is 8.98. The minimum absolute atomic E-state index is 0.0191. The summed E-state index contributed by atoms with van der Waals surface area (Å²) in [5.74, 6) is -0.575. The fraction of sp³-hybridized carbons (Fsp3) is 0. The first-order valence-corrected chi connectivity index (χ1v) is 9.19. The molecule has 0 atom stereocenters. The fourth-order valence-corrected chi connectivity index (χ4v) is 3.12. The van der Waals surface area contributed by atoms with E-state index >= 15 is 0 Å². The molecule has 0 unspecified atom stereocenters. The molecule has 0 heterocycles. The number of benzene rings is 1. The summed E-state index contributed by atoms with van der Waals surface area (Å²) in [6, 6.07) is 1.18. The molecule has 0 bridgehead atoms. The summed E-state index contributed by atoms with van der Waals surface area (Å²) in [6.07, 6.45) is 0. The van der Waals surface area contributed by atoms with Crippen molar-refractivity contribution in [3.63, 3.8) is 0 Å². The van der Waals surface area contributed by atoms with Gasteiger partial charge in [0.25, 0.3) is 0 Å². The van der Waals surface area contributed by atoms with Crippen LogP contribution in [0.2, 0.25) is 15.1 Å². The van der Waals surface area contributed by atoms with Crippen molar-refractivity contribution in [3.05, 3.63) is 24.7 Å². The molecule has 0 aliphatic rings. The maximum atomic E-state index is 10.7. The van der Waals surface area contributed by atoms with E-state index < -0.39 is 33.4 Å². The maximum absolute atomic E-state index is 10.7. The third-order valence-corrected chi connectivity index (χ3v) is 4.61. The van der Waals surface area contributed by atoms with Crippen LogP contribution in [0.5, 0.6) is 5.75 Å². The minimum atomic E-state index is -4.64. The predicted octanol–water partition coefficient (Wildman–Crippen LogP) is 2.79. The van der Waals surface area contributed by atoms with Crippen LogP contribution in [-0.2, 0) is 10.7 Å². The van der Waals surface area contributed by atoms with Crippen molar-refractivity contribution in [2.45, 2.75) is 0 Å². The van der Waals surface area contributed by atoms with Gasteiger partial charge in [0.05, 0.1) is 10.0 Å². The van der Waals surface area contributed by atoms with Crippen LogP contribution in [0.15, 0.2) is 6.07 Å². The quantitative estimate of drug-likeness (QED) is 0.292. The van der Waals surface area contributed by atoms with Crippen molar-refractivity contribution in [2.75, 3.05) is 0 Å². The van der Waals surface area contributed by atoms with E-state index in [2.05, 4.69) is 0 Å². The van der Waals surface area contributed by atoms with Gasteiger partial charge in [-0.25, -0.2) is 10.7 Å². The predicted molar refractivity (Wildman–Crippen MR) is 71.5 cm³/mol. The van der Waals surface area contributed by atoms with E-state index in [1.54, 1.807) is 0 Å². The Morgan fingerprint density at radius 1 is 1.06 bits per heavy atom. The first-order valence-electron chi connectivity index (χ1n) is 3.65. The lowest BCUT2D eigenvalue weighted by atomic mass is 10.3. The van der Waals surface area contributed by atoms with Gasteiger partial charge in [-0.15, -0.1) is 0 Å². The Hall–Kier alpha value is 0.330. The van der Waals surface area contributed by atoms with Crippen LogP contribution in [0.4, 0.5) is 0 Å². The molecule has 104 valence electrons. The number of hydrogen-bond acceptors (Lipinski definition) is 4. The van der Waals surface area contributed by atoms with Gasteiger partial charge < -0.3 is 19.8 Å². The first kappa shape index (κ1) is 18.3. The standard InChI is InChI=1S/C6H2Cl3IO3.H3O4P/c7-2-1-3(8)5(10(12)13)6(11)4(2)9;1-5(2,3)4/h1,11H;(H3,1,2,3,4). The molecule has 0 amide bonds. The van der Waals surface area contributed by atoms with Crippen molar-refractivity contribution in [1.29, 1.82) is 0 Å². The molecule has 0 spiro atoms. The summed E-state index contributed by atoms with van der Waals surface area (Å²) in [4.78, 5) is 21.6. The van der Waals surface area contributed by atoms with Crippen LogP contribution in [0.3, 0.4) is 0 Å². The minimum Gasteiger partial charge on any atom is -0.505 e. The molecule has 0 aliphatic carbocycles. The molecular weight excluding hydrogens is 448 g/mol. The number of phosphoric acid groups is 1. The van der Waals surface area contributed by atoms with E-state index in [4.69, 9.17) is 54.0 Å². The van der Waals surface area contributed by atoms with Crippen molar-refractivity contribution >= 4 is 62.4 Å². The van der Waals surface area contributed by atoms with Gasteiger partial charge in [-0.1, -0.05) is 34.8 Å². The lowest BCUT2D eigenvalue weighted by Gasteiger charge is -2.02. The Kier molecular flexibility index (Phi) is 7.33. The molecule has 1 rings (SSSR count). The molecule has 0 aliphatic heterocycles. The zero-order valence-electron chi connectivity index (χ0n) is 8.05. The average Bonchev–Trinajstić information content (AvgIpc) is 2.10. The number of halogens is 4. The summed E-state index contributed by atoms with van der Waals surface area (Å²) in [6.45, 7) is 0. The van der Waals surface area contributed by atoms with Crippen molar-refractivity contribution in [3.8, 4) is 5.75 Å². The summed E-state index contributed by atoms with van der Waals surface area (Å²) < 4.78 is 29.9. The third kappa shape index (κ3) is 6.48. The molecule has 0 saturated heterocycles. The Labute approximate surface area is 123 Å². The second-order valence-electron chi connectivity index (χ2n) is 2.55. The molecule has 0 radical (unpaired) electrons. The van der Waals surface area contributed by atoms with E-state index in [1.165, 1.54) is 6.07 Å². The van der Waals surface area contributed by atoms with Crippen LogP contribution < -0.4 is 0 Å². The SMILES string of the molecule is O=I(=O)c1c(Cl)cc(Cl)c(Cl)c1O.O=P(O)(O)O. The molecule has 0 saturated carbocycles. The summed E-state index contributed by atoms with van der Waals surface area (Å²) >= 11 is 12.7. The zero-order chi connectivity index (χ0) is 14.7. The highest BCUT2D eigenvalue weighted by atomic mass is 127. The van der Waals surface area contributed by atoms with Gasteiger partial charge in [0.1, 0.15) is 8.59 Å². The number of rotatable bonds is 1. The highest BCUT2D eigenvalue weighted by molar-refractivity contribution is 14.2.